The van der Waals surface area contributed by atoms with Crippen molar-refractivity contribution in [2.24, 2.45) is 0 Å². The average molecular weight is 503 g/mol. The monoisotopic (exact) mass is 502 g/mol. The number of allylic oxidation sites excluding steroid dienone is 1. The number of pyridine rings is 1. The second-order valence-corrected chi connectivity index (χ2v) is 8.52. The molecule has 1 amide bonds. The number of hydrogen-bond acceptors (Lipinski definition) is 7. The van der Waals surface area contributed by atoms with Crippen LogP contribution in [-0.4, -0.2) is 39.9 Å². The van der Waals surface area contributed by atoms with E-state index in [4.69, 9.17) is 31.2 Å². The number of carbonyl (C=O) groups excluding carboxylic acids is 1. The summed E-state index contributed by atoms with van der Waals surface area (Å²) in [5.41, 5.74) is 3.09. The minimum absolute atomic E-state index is 0.312. The van der Waals surface area contributed by atoms with E-state index in [0.29, 0.717) is 50.8 Å². The quantitative estimate of drug-likeness (QED) is 0.385. The Kier molecular flexibility index (Phi) is 6.30. The largest absolute Gasteiger partial charge is 0.497 e. The van der Waals surface area contributed by atoms with Crippen LogP contribution in [0.2, 0.25) is 5.02 Å². The number of carbonyl (C=O) groups is 1. The van der Waals surface area contributed by atoms with Gasteiger partial charge in [0.1, 0.15) is 17.5 Å². The fourth-order valence-corrected chi connectivity index (χ4v) is 4.36. The van der Waals surface area contributed by atoms with Gasteiger partial charge in [0.15, 0.2) is 5.82 Å². The Morgan fingerprint density at radius 2 is 1.97 bits per heavy atom. The summed E-state index contributed by atoms with van der Waals surface area (Å²) in [4.78, 5) is 22.4. The number of ether oxygens (including phenoxy) is 2. The molecule has 5 rings (SSSR count). The molecule has 1 aliphatic rings. The number of nitrogens with zero attached hydrogens (tertiary/aromatic N) is 4. The van der Waals surface area contributed by atoms with E-state index in [1.807, 2.05) is 25.1 Å². The van der Waals surface area contributed by atoms with Gasteiger partial charge >= 0.3 is 0 Å². The Balaban J connectivity index is 1.67. The van der Waals surface area contributed by atoms with E-state index in [1.54, 1.807) is 67.7 Å². The lowest BCUT2D eigenvalue weighted by atomic mass is 9.94. The van der Waals surface area contributed by atoms with Crippen LogP contribution in [-0.2, 0) is 4.79 Å². The molecule has 1 atom stereocenters. The number of rotatable bonds is 6. The van der Waals surface area contributed by atoms with Gasteiger partial charge < -0.3 is 20.1 Å². The summed E-state index contributed by atoms with van der Waals surface area (Å²) < 4.78 is 12.8. The third kappa shape index (κ3) is 4.36. The Labute approximate surface area is 212 Å². The van der Waals surface area contributed by atoms with Crippen molar-refractivity contribution < 1.29 is 14.3 Å². The highest BCUT2D eigenvalue weighted by atomic mass is 35.5. The first kappa shape index (κ1) is 23.4. The van der Waals surface area contributed by atoms with Crippen LogP contribution in [0.3, 0.4) is 0 Å². The molecule has 9 nitrogen and oxygen atoms in total. The molecule has 2 aromatic carbocycles. The van der Waals surface area contributed by atoms with Gasteiger partial charge in [0, 0.05) is 28.0 Å². The molecule has 0 saturated carbocycles. The number of methoxy groups -OCH3 is 2. The predicted octanol–water partition coefficient (Wildman–Crippen LogP) is 4.94. The second-order valence-electron chi connectivity index (χ2n) is 8.08. The van der Waals surface area contributed by atoms with Crippen molar-refractivity contribution in [3.8, 4) is 22.9 Å². The van der Waals surface area contributed by atoms with Gasteiger partial charge in [-0.2, -0.15) is 4.98 Å². The van der Waals surface area contributed by atoms with Crippen molar-refractivity contribution in [3.05, 3.63) is 88.8 Å². The summed E-state index contributed by atoms with van der Waals surface area (Å²) in [6, 6.07) is 15.6. The maximum Gasteiger partial charge on any atom is 0.255 e. The Hall–Kier alpha value is -4.37. The number of halogens is 1. The van der Waals surface area contributed by atoms with E-state index < -0.39 is 6.04 Å². The van der Waals surface area contributed by atoms with Crippen LogP contribution in [0.25, 0.3) is 11.4 Å². The number of benzene rings is 2. The van der Waals surface area contributed by atoms with Crippen LogP contribution in [0.4, 0.5) is 11.6 Å². The lowest BCUT2D eigenvalue weighted by Gasteiger charge is -2.29. The summed E-state index contributed by atoms with van der Waals surface area (Å²) in [5.74, 6) is 1.83. The molecule has 10 heteroatoms. The zero-order valence-corrected chi connectivity index (χ0v) is 20.6. The molecule has 2 N–H and O–H groups in total. The standard InChI is InChI=1S/C26H23ClN6O3/c1-15-22(25(34)30-18-8-5-11-28-14-18)23(20-13-19(35-2)9-10-21(20)36-3)33-26(29-15)31-24(32-33)16-6-4-7-17(27)12-16/h4-14,23H,1-3H3,(H,30,34)(H,29,31,32). The molecule has 0 bridgehead atoms. The molecular weight excluding hydrogens is 480 g/mol. The van der Waals surface area contributed by atoms with Gasteiger partial charge in [0.25, 0.3) is 5.91 Å². The highest BCUT2D eigenvalue weighted by Crippen LogP contribution is 2.41. The van der Waals surface area contributed by atoms with Crippen molar-refractivity contribution in [3.63, 3.8) is 0 Å². The van der Waals surface area contributed by atoms with Gasteiger partial charge in [-0.3, -0.25) is 9.78 Å². The summed E-state index contributed by atoms with van der Waals surface area (Å²) in [7, 11) is 3.17. The molecule has 182 valence electrons. The first-order valence-electron chi connectivity index (χ1n) is 11.1. The van der Waals surface area contributed by atoms with Crippen LogP contribution >= 0.6 is 11.6 Å². The summed E-state index contributed by atoms with van der Waals surface area (Å²) >= 11 is 6.21. The third-order valence-electron chi connectivity index (χ3n) is 5.83. The van der Waals surface area contributed by atoms with E-state index in [1.165, 1.54) is 0 Å². The van der Waals surface area contributed by atoms with Crippen molar-refractivity contribution >= 4 is 29.1 Å². The number of anilines is 2. The minimum Gasteiger partial charge on any atom is -0.497 e. The Bertz CT molecular complexity index is 1470. The fourth-order valence-electron chi connectivity index (χ4n) is 4.17. The van der Waals surface area contributed by atoms with E-state index in [9.17, 15) is 4.79 Å². The maximum atomic E-state index is 13.7. The first-order valence-corrected chi connectivity index (χ1v) is 11.5. The van der Waals surface area contributed by atoms with Gasteiger partial charge in [-0.05, 0) is 49.4 Å². The number of fused-ring (bicyclic) bond motifs is 1. The molecule has 0 radical (unpaired) electrons. The SMILES string of the molecule is COc1ccc(OC)c(C2C(C(=O)Nc3cccnc3)=C(C)Nc3nc(-c4cccc(Cl)c4)nn32)c1. The van der Waals surface area contributed by atoms with Crippen LogP contribution in [0, 0.1) is 0 Å². The molecule has 3 heterocycles. The van der Waals surface area contributed by atoms with Gasteiger partial charge in [-0.1, -0.05) is 23.7 Å². The predicted molar refractivity (Wildman–Crippen MR) is 137 cm³/mol. The molecule has 0 aliphatic carbocycles. The van der Waals surface area contributed by atoms with Crippen molar-refractivity contribution in [2.45, 2.75) is 13.0 Å². The van der Waals surface area contributed by atoms with Crippen molar-refractivity contribution in [1.29, 1.82) is 0 Å². The van der Waals surface area contributed by atoms with Gasteiger partial charge in [-0.15, -0.1) is 5.10 Å². The van der Waals surface area contributed by atoms with E-state index in [-0.39, 0.29) is 5.91 Å². The average Bonchev–Trinajstić information content (AvgIpc) is 3.31. The molecule has 36 heavy (non-hydrogen) atoms. The van der Waals surface area contributed by atoms with Crippen LogP contribution in [0.5, 0.6) is 11.5 Å². The maximum absolute atomic E-state index is 13.7. The van der Waals surface area contributed by atoms with Gasteiger partial charge in [0.05, 0.1) is 31.7 Å². The number of nitrogens with one attached hydrogen (secondary N) is 2. The molecular formula is C26H23ClN6O3. The molecule has 0 saturated heterocycles. The Morgan fingerprint density at radius 1 is 1.11 bits per heavy atom. The molecule has 1 unspecified atom stereocenters. The normalized spacial score (nSPS) is 14.6. The van der Waals surface area contributed by atoms with Crippen LogP contribution in [0.15, 0.2) is 78.3 Å². The topological polar surface area (TPSA) is 103 Å². The third-order valence-corrected chi connectivity index (χ3v) is 6.07. The fraction of sp³-hybridized carbons (Fsp3) is 0.154. The Morgan fingerprint density at radius 3 is 2.69 bits per heavy atom. The van der Waals surface area contributed by atoms with E-state index in [2.05, 4.69) is 15.6 Å². The second kappa shape index (κ2) is 9.71. The highest BCUT2D eigenvalue weighted by Gasteiger charge is 2.36. The number of aromatic nitrogens is 4. The zero-order chi connectivity index (χ0) is 25.2. The summed E-state index contributed by atoms with van der Waals surface area (Å²) in [5, 5.41) is 11.5. The number of hydrogen-bond donors (Lipinski definition) is 2. The lowest BCUT2D eigenvalue weighted by molar-refractivity contribution is -0.113. The molecule has 1 aliphatic heterocycles. The van der Waals surface area contributed by atoms with Crippen molar-refractivity contribution in [1.82, 2.24) is 19.7 Å². The van der Waals surface area contributed by atoms with Crippen molar-refractivity contribution in [2.75, 3.05) is 24.9 Å². The first-order chi connectivity index (χ1) is 17.5. The zero-order valence-electron chi connectivity index (χ0n) is 19.8. The van der Waals surface area contributed by atoms with Gasteiger partial charge in [0.2, 0.25) is 5.95 Å². The van der Waals surface area contributed by atoms with Crippen LogP contribution in [0.1, 0.15) is 18.5 Å². The van der Waals surface area contributed by atoms with E-state index >= 15 is 0 Å². The number of amides is 1. The smallest absolute Gasteiger partial charge is 0.255 e. The molecule has 0 fully saturated rings. The molecule has 0 spiro atoms. The minimum atomic E-state index is -0.664. The van der Waals surface area contributed by atoms with Gasteiger partial charge in [-0.25, -0.2) is 4.68 Å². The summed E-state index contributed by atoms with van der Waals surface area (Å²) in [6.07, 6.45) is 3.23. The lowest BCUT2D eigenvalue weighted by Crippen LogP contribution is -2.31. The van der Waals surface area contributed by atoms with Crippen LogP contribution < -0.4 is 20.1 Å². The van der Waals surface area contributed by atoms with E-state index in [0.717, 1.165) is 5.56 Å². The summed E-state index contributed by atoms with van der Waals surface area (Å²) in [6.45, 7) is 1.83. The molecule has 2 aromatic heterocycles. The highest BCUT2D eigenvalue weighted by molar-refractivity contribution is 6.30. The molecule has 4 aromatic rings.